The van der Waals surface area contributed by atoms with Crippen molar-refractivity contribution in [3.63, 3.8) is 0 Å². The van der Waals surface area contributed by atoms with E-state index in [0.717, 1.165) is 0 Å². The zero-order chi connectivity index (χ0) is 10.3. The third-order valence-electron chi connectivity index (χ3n) is 4.83. The molecule has 7 aliphatic rings. The van der Waals surface area contributed by atoms with Gasteiger partial charge in [-0.05, 0) is 0 Å². The summed E-state index contributed by atoms with van der Waals surface area (Å²) in [6.07, 6.45) is 9.02. The van der Waals surface area contributed by atoms with Crippen molar-refractivity contribution in [3.05, 3.63) is 24.3 Å². The van der Waals surface area contributed by atoms with Gasteiger partial charge < -0.3 is 0 Å². The Morgan fingerprint density at radius 3 is 0.875 bits per heavy atom. The summed E-state index contributed by atoms with van der Waals surface area (Å²) in [5.41, 5.74) is 0. The first-order chi connectivity index (χ1) is 7.93. The molecule has 4 nitrogen and oxygen atoms in total. The molecule has 0 aromatic heterocycles. The number of fused-ring (bicyclic) bond motifs is 2. The van der Waals surface area contributed by atoms with Crippen LogP contribution in [0.15, 0.2) is 24.3 Å². The Bertz CT molecular complexity index is 322. The highest BCUT2D eigenvalue weighted by atomic mass is 17.2. The van der Waals surface area contributed by atoms with Crippen LogP contribution in [0.4, 0.5) is 0 Å². The van der Waals surface area contributed by atoms with Gasteiger partial charge in [-0.3, -0.25) is 0 Å². The summed E-state index contributed by atoms with van der Waals surface area (Å²) in [5, 5.41) is 0. The zero-order valence-corrected chi connectivity index (χ0v) is 8.56. The van der Waals surface area contributed by atoms with Gasteiger partial charge in [0.1, 0.15) is 24.4 Å². The molecule has 4 bridgehead atoms. The van der Waals surface area contributed by atoms with E-state index >= 15 is 0 Å². The Labute approximate surface area is 92.7 Å². The molecule has 0 unspecified atom stereocenters. The van der Waals surface area contributed by atoms with Gasteiger partial charge >= 0.3 is 0 Å². The Balaban J connectivity index is 1.60. The fraction of sp³-hybridized carbons (Fsp3) is 0.667. The molecule has 7 rings (SSSR count). The smallest absolute Gasteiger partial charge is 0.115 e. The minimum Gasteiger partial charge on any atom is -0.228 e. The Morgan fingerprint density at radius 1 is 0.438 bits per heavy atom. The van der Waals surface area contributed by atoms with Gasteiger partial charge in [-0.1, -0.05) is 24.3 Å². The van der Waals surface area contributed by atoms with Crippen molar-refractivity contribution in [2.24, 2.45) is 23.7 Å². The van der Waals surface area contributed by atoms with Crippen molar-refractivity contribution >= 4 is 0 Å². The molecule has 84 valence electrons. The maximum absolute atomic E-state index is 5.36. The zero-order valence-electron chi connectivity index (χ0n) is 8.56. The van der Waals surface area contributed by atoms with E-state index < -0.39 is 0 Å². The van der Waals surface area contributed by atoms with Crippen LogP contribution in [0.2, 0.25) is 0 Å². The molecule has 3 fully saturated rings. The maximum atomic E-state index is 5.36. The monoisotopic (exact) mass is 220 g/mol. The van der Waals surface area contributed by atoms with Gasteiger partial charge in [-0.25, -0.2) is 19.6 Å². The molecule has 0 N–H and O–H groups in total. The maximum Gasteiger partial charge on any atom is 0.115 e. The first-order valence-corrected chi connectivity index (χ1v) is 5.94. The number of hydrogen-bond donors (Lipinski definition) is 0. The van der Waals surface area contributed by atoms with Crippen molar-refractivity contribution in [2.75, 3.05) is 0 Å². The SMILES string of the molecule is C1=C[C@H]2OO[C@@H]1C1C3C(C12)[C@H]1C=C[C@@H]3OO1. The van der Waals surface area contributed by atoms with E-state index in [4.69, 9.17) is 19.6 Å². The molecule has 0 aromatic rings. The second-order valence-electron chi connectivity index (χ2n) is 5.32. The van der Waals surface area contributed by atoms with Crippen LogP contribution in [-0.4, -0.2) is 24.4 Å². The van der Waals surface area contributed by atoms with Crippen molar-refractivity contribution in [2.45, 2.75) is 24.4 Å². The lowest BCUT2D eigenvalue weighted by Gasteiger charge is -2.65. The predicted molar refractivity (Wildman–Crippen MR) is 51.7 cm³/mol. The molecule has 3 aliphatic carbocycles. The minimum absolute atomic E-state index is 0.118. The predicted octanol–water partition coefficient (Wildman–Crippen LogP) is 1.00. The lowest BCUT2D eigenvalue weighted by atomic mass is 9.46. The van der Waals surface area contributed by atoms with Crippen molar-refractivity contribution in [3.8, 4) is 0 Å². The number of rotatable bonds is 0. The molecule has 4 heterocycles. The summed E-state index contributed by atoms with van der Waals surface area (Å²) in [7, 11) is 0. The van der Waals surface area contributed by atoms with Crippen LogP contribution >= 0.6 is 0 Å². The lowest BCUT2D eigenvalue weighted by Crippen LogP contribution is -2.70. The average Bonchev–Trinajstić information content (AvgIpc) is 2.33. The molecule has 0 spiro atoms. The van der Waals surface area contributed by atoms with Crippen LogP contribution in [-0.2, 0) is 19.6 Å². The third kappa shape index (κ3) is 0.768. The van der Waals surface area contributed by atoms with E-state index in [1.807, 2.05) is 0 Å². The van der Waals surface area contributed by atoms with Crippen LogP contribution in [0.5, 0.6) is 0 Å². The van der Waals surface area contributed by atoms with Gasteiger partial charge in [-0.15, -0.1) is 0 Å². The highest BCUT2D eigenvalue weighted by Gasteiger charge is 2.67. The standard InChI is InChI=1S/C12H12O4/c1-2-6-10-9(5(1)13-14-6)11-7-3-4-8(12(10)11)16-15-7/h1-12H/t5-,6+,7-,8+,9?,10?,11?,12?. The summed E-state index contributed by atoms with van der Waals surface area (Å²) in [4.78, 5) is 21.4. The topological polar surface area (TPSA) is 36.9 Å². The van der Waals surface area contributed by atoms with Gasteiger partial charge in [0.25, 0.3) is 0 Å². The molecular weight excluding hydrogens is 208 g/mol. The van der Waals surface area contributed by atoms with Crippen LogP contribution in [0.3, 0.4) is 0 Å². The van der Waals surface area contributed by atoms with Gasteiger partial charge in [0, 0.05) is 23.7 Å². The molecule has 16 heavy (non-hydrogen) atoms. The summed E-state index contributed by atoms with van der Waals surface area (Å²) in [6.45, 7) is 0. The van der Waals surface area contributed by atoms with Crippen molar-refractivity contribution < 1.29 is 19.6 Å². The van der Waals surface area contributed by atoms with E-state index in [2.05, 4.69) is 24.3 Å². The van der Waals surface area contributed by atoms with Crippen LogP contribution in [0.25, 0.3) is 0 Å². The van der Waals surface area contributed by atoms with E-state index in [1.165, 1.54) is 0 Å². The van der Waals surface area contributed by atoms with Gasteiger partial charge in [-0.2, -0.15) is 0 Å². The van der Waals surface area contributed by atoms with Crippen LogP contribution < -0.4 is 0 Å². The van der Waals surface area contributed by atoms with Gasteiger partial charge in [0.2, 0.25) is 0 Å². The summed E-state index contributed by atoms with van der Waals surface area (Å²) in [6, 6.07) is 0. The largest absolute Gasteiger partial charge is 0.228 e. The molecule has 4 aliphatic heterocycles. The van der Waals surface area contributed by atoms with Gasteiger partial charge in [0.15, 0.2) is 0 Å². The third-order valence-corrected chi connectivity index (χ3v) is 4.83. The molecule has 0 aromatic carbocycles. The summed E-state index contributed by atoms with van der Waals surface area (Å²) in [5.74, 6) is 2.20. The second-order valence-corrected chi connectivity index (χ2v) is 5.32. The van der Waals surface area contributed by atoms with E-state index in [1.54, 1.807) is 0 Å². The normalized spacial score (nSPS) is 64.0. The fourth-order valence-electron chi connectivity index (χ4n) is 4.23. The summed E-state index contributed by atoms with van der Waals surface area (Å²) < 4.78 is 0. The second kappa shape index (κ2) is 2.59. The molecule has 1 saturated carbocycles. The average molecular weight is 220 g/mol. The molecular formula is C12H12O4. The molecule has 2 saturated heterocycles. The first-order valence-electron chi connectivity index (χ1n) is 5.94. The van der Waals surface area contributed by atoms with E-state index in [-0.39, 0.29) is 24.4 Å². The quantitative estimate of drug-likeness (QED) is 0.451. The van der Waals surface area contributed by atoms with Crippen molar-refractivity contribution in [1.82, 2.24) is 0 Å². The van der Waals surface area contributed by atoms with E-state index in [0.29, 0.717) is 23.7 Å². The Hall–Kier alpha value is -0.680. The van der Waals surface area contributed by atoms with Crippen molar-refractivity contribution in [1.29, 1.82) is 0 Å². The minimum atomic E-state index is 0.118. The van der Waals surface area contributed by atoms with Gasteiger partial charge in [0.05, 0.1) is 0 Å². The lowest BCUT2D eigenvalue weighted by molar-refractivity contribution is -0.471. The van der Waals surface area contributed by atoms with Crippen LogP contribution in [0, 0.1) is 23.7 Å². The Morgan fingerprint density at radius 2 is 0.688 bits per heavy atom. The number of hydrogen-bond acceptors (Lipinski definition) is 4. The Kier molecular flexibility index (Phi) is 1.36. The highest BCUT2D eigenvalue weighted by molar-refractivity contribution is 5.26. The molecule has 0 radical (unpaired) electrons. The van der Waals surface area contributed by atoms with Crippen LogP contribution in [0.1, 0.15) is 0 Å². The van der Waals surface area contributed by atoms with E-state index in [9.17, 15) is 0 Å². The first kappa shape index (κ1) is 8.42. The molecule has 0 amide bonds. The summed E-state index contributed by atoms with van der Waals surface area (Å²) >= 11 is 0. The molecule has 0 atom stereocenters. The molecule has 4 heteroatoms. The highest BCUT2D eigenvalue weighted by Crippen LogP contribution is 2.62. The fourth-order valence-corrected chi connectivity index (χ4v) is 4.23.